The van der Waals surface area contributed by atoms with Crippen molar-refractivity contribution in [3.05, 3.63) is 77.5 Å². The Kier molecular flexibility index (Phi) is 4.36. The molecule has 0 unspecified atom stereocenters. The van der Waals surface area contributed by atoms with E-state index in [4.69, 9.17) is 4.74 Å². The monoisotopic (exact) mass is 361 g/mol. The first-order chi connectivity index (χ1) is 13.2. The quantitative estimate of drug-likeness (QED) is 0.567. The number of rotatable bonds is 5. The maximum atomic E-state index is 12.0. The molecule has 8 heteroatoms. The normalized spacial score (nSPS) is 10.7. The standard InChI is InChI=1S/C19H15N5O3/c25-17(11-27-15-4-2-1-3-5-15)23-13-6-8-14(9-7-13)24-18-16(10-22-24)19(26)21-12-20-18/h1-10,12H,11H2,(H,23,25)(H,20,21,26). The van der Waals surface area contributed by atoms with Gasteiger partial charge in [0, 0.05) is 5.69 Å². The van der Waals surface area contributed by atoms with Crippen LogP contribution in [0.4, 0.5) is 5.69 Å². The highest BCUT2D eigenvalue weighted by Crippen LogP contribution is 2.16. The number of benzene rings is 2. The molecule has 0 atom stereocenters. The lowest BCUT2D eigenvalue weighted by atomic mass is 10.2. The van der Waals surface area contributed by atoms with Gasteiger partial charge in [-0.25, -0.2) is 9.67 Å². The maximum Gasteiger partial charge on any atom is 0.262 e. The Labute approximate surface area is 153 Å². The molecule has 0 saturated heterocycles. The second kappa shape index (κ2) is 7.12. The SMILES string of the molecule is O=C(COc1ccccc1)Nc1ccc(-n2ncc3c(=O)[nH]cnc32)cc1. The summed E-state index contributed by atoms with van der Waals surface area (Å²) in [7, 11) is 0. The Morgan fingerprint density at radius 2 is 1.89 bits per heavy atom. The van der Waals surface area contributed by atoms with E-state index in [0.717, 1.165) is 5.69 Å². The number of aromatic nitrogens is 4. The van der Waals surface area contributed by atoms with Gasteiger partial charge in [0.2, 0.25) is 0 Å². The zero-order chi connectivity index (χ0) is 18.6. The van der Waals surface area contributed by atoms with Crippen LogP contribution in [-0.2, 0) is 4.79 Å². The molecule has 0 fully saturated rings. The second-order valence-electron chi connectivity index (χ2n) is 5.72. The highest BCUT2D eigenvalue weighted by molar-refractivity contribution is 5.92. The summed E-state index contributed by atoms with van der Waals surface area (Å²) >= 11 is 0. The van der Waals surface area contributed by atoms with Gasteiger partial charge in [-0.05, 0) is 36.4 Å². The largest absolute Gasteiger partial charge is 0.484 e. The summed E-state index contributed by atoms with van der Waals surface area (Å²) in [6.45, 7) is -0.0811. The third kappa shape index (κ3) is 3.54. The molecular formula is C19H15N5O3. The second-order valence-corrected chi connectivity index (χ2v) is 5.72. The van der Waals surface area contributed by atoms with Gasteiger partial charge in [-0.15, -0.1) is 0 Å². The number of ether oxygens (including phenoxy) is 1. The highest BCUT2D eigenvalue weighted by Gasteiger charge is 2.09. The highest BCUT2D eigenvalue weighted by atomic mass is 16.5. The zero-order valence-corrected chi connectivity index (χ0v) is 14.1. The number of hydrogen-bond donors (Lipinski definition) is 2. The number of para-hydroxylation sites is 1. The van der Waals surface area contributed by atoms with Crippen molar-refractivity contribution in [1.82, 2.24) is 19.7 Å². The van der Waals surface area contributed by atoms with Gasteiger partial charge >= 0.3 is 0 Å². The van der Waals surface area contributed by atoms with E-state index in [0.29, 0.717) is 22.5 Å². The third-order valence-electron chi connectivity index (χ3n) is 3.88. The first-order valence-corrected chi connectivity index (χ1v) is 8.20. The summed E-state index contributed by atoms with van der Waals surface area (Å²) < 4.78 is 6.98. The predicted octanol–water partition coefficient (Wildman–Crippen LogP) is 2.13. The molecule has 134 valence electrons. The molecule has 0 spiro atoms. The number of aromatic amines is 1. The molecule has 8 nitrogen and oxygen atoms in total. The molecule has 0 bridgehead atoms. The molecule has 2 aromatic heterocycles. The summed E-state index contributed by atoms with van der Waals surface area (Å²) in [5, 5.41) is 7.38. The number of nitrogens with one attached hydrogen (secondary N) is 2. The van der Waals surface area contributed by atoms with E-state index in [1.807, 2.05) is 18.2 Å². The summed E-state index contributed by atoms with van der Waals surface area (Å²) in [5.41, 5.74) is 1.57. The fourth-order valence-electron chi connectivity index (χ4n) is 2.59. The lowest BCUT2D eigenvalue weighted by molar-refractivity contribution is -0.118. The number of carbonyl (C=O) groups is 1. The van der Waals surface area contributed by atoms with Crippen molar-refractivity contribution in [2.45, 2.75) is 0 Å². The topological polar surface area (TPSA) is 102 Å². The van der Waals surface area contributed by atoms with Crippen LogP contribution in [0.15, 0.2) is 71.9 Å². The van der Waals surface area contributed by atoms with Crippen LogP contribution in [0.25, 0.3) is 16.7 Å². The van der Waals surface area contributed by atoms with Crippen LogP contribution < -0.4 is 15.6 Å². The predicted molar refractivity (Wildman–Crippen MR) is 100 cm³/mol. The van der Waals surface area contributed by atoms with Crippen molar-refractivity contribution >= 4 is 22.6 Å². The van der Waals surface area contributed by atoms with Crippen molar-refractivity contribution in [3.63, 3.8) is 0 Å². The van der Waals surface area contributed by atoms with Crippen LogP contribution in [-0.4, -0.2) is 32.3 Å². The van der Waals surface area contributed by atoms with E-state index in [1.54, 1.807) is 41.1 Å². The van der Waals surface area contributed by atoms with Gasteiger partial charge in [0.1, 0.15) is 11.1 Å². The first-order valence-electron chi connectivity index (χ1n) is 8.20. The lowest BCUT2D eigenvalue weighted by Gasteiger charge is -2.08. The molecule has 1 amide bonds. The minimum absolute atomic E-state index is 0.0811. The maximum absolute atomic E-state index is 12.0. The van der Waals surface area contributed by atoms with Crippen molar-refractivity contribution < 1.29 is 9.53 Å². The van der Waals surface area contributed by atoms with E-state index in [-0.39, 0.29) is 18.1 Å². The Morgan fingerprint density at radius 1 is 1.11 bits per heavy atom. The van der Waals surface area contributed by atoms with Gasteiger partial charge in [-0.2, -0.15) is 5.10 Å². The minimum Gasteiger partial charge on any atom is -0.484 e. The summed E-state index contributed by atoms with van der Waals surface area (Å²) in [5.74, 6) is 0.375. The number of amides is 1. The van der Waals surface area contributed by atoms with Crippen molar-refractivity contribution in [1.29, 1.82) is 0 Å². The minimum atomic E-state index is -0.260. The van der Waals surface area contributed by atoms with Crippen molar-refractivity contribution in [2.24, 2.45) is 0 Å². The van der Waals surface area contributed by atoms with Gasteiger partial charge in [-0.1, -0.05) is 18.2 Å². The Balaban J connectivity index is 1.45. The lowest BCUT2D eigenvalue weighted by Crippen LogP contribution is -2.20. The van der Waals surface area contributed by atoms with Gasteiger partial charge in [0.25, 0.3) is 11.5 Å². The zero-order valence-electron chi connectivity index (χ0n) is 14.1. The van der Waals surface area contributed by atoms with E-state index in [2.05, 4.69) is 20.4 Å². The Bertz CT molecular complexity index is 1130. The van der Waals surface area contributed by atoms with Crippen LogP contribution >= 0.6 is 0 Å². The molecule has 0 radical (unpaired) electrons. The summed E-state index contributed by atoms with van der Waals surface area (Å²) in [6.07, 6.45) is 2.81. The molecule has 0 aliphatic rings. The fraction of sp³-hybridized carbons (Fsp3) is 0.0526. The number of nitrogens with zero attached hydrogens (tertiary/aromatic N) is 3. The molecule has 2 heterocycles. The van der Waals surface area contributed by atoms with Crippen LogP contribution in [0.2, 0.25) is 0 Å². The number of carbonyl (C=O) groups excluding carboxylic acids is 1. The molecule has 0 saturated carbocycles. The number of fused-ring (bicyclic) bond motifs is 1. The van der Waals surface area contributed by atoms with E-state index in [9.17, 15) is 9.59 Å². The van der Waals surface area contributed by atoms with Crippen molar-refractivity contribution in [2.75, 3.05) is 11.9 Å². The summed E-state index contributed by atoms with van der Waals surface area (Å²) in [4.78, 5) is 30.4. The Morgan fingerprint density at radius 3 is 2.67 bits per heavy atom. The average molecular weight is 361 g/mol. The van der Waals surface area contributed by atoms with E-state index < -0.39 is 0 Å². The molecule has 0 aliphatic carbocycles. The fourth-order valence-corrected chi connectivity index (χ4v) is 2.59. The van der Waals surface area contributed by atoms with Crippen molar-refractivity contribution in [3.8, 4) is 11.4 Å². The Hall–Kier alpha value is -3.94. The molecule has 2 aromatic carbocycles. The van der Waals surface area contributed by atoms with E-state index in [1.165, 1.54) is 12.5 Å². The molecule has 2 N–H and O–H groups in total. The summed E-state index contributed by atoms with van der Waals surface area (Å²) in [6, 6.07) is 16.2. The van der Waals surface area contributed by atoms with Crippen LogP contribution in [0, 0.1) is 0 Å². The molecule has 27 heavy (non-hydrogen) atoms. The average Bonchev–Trinajstić information content (AvgIpc) is 3.13. The van der Waals surface area contributed by atoms with Gasteiger partial charge in [0.15, 0.2) is 12.3 Å². The van der Waals surface area contributed by atoms with Gasteiger partial charge < -0.3 is 15.0 Å². The molecule has 4 rings (SSSR count). The number of anilines is 1. The number of H-pyrrole nitrogens is 1. The van der Waals surface area contributed by atoms with Gasteiger partial charge in [-0.3, -0.25) is 9.59 Å². The first kappa shape index (κ1) is 16.5. The molecule has 0 aliphatic heterocycles. The number of hydrogen-bond acceptors (Lipinski definition) is 5. The van der Waals surface area contributed by atoms with Gasteiger partial charge in [0.05, 0.1) is 18.2 Å². The van der Waals surface area contributed by atoms with Crippen LogP contribution in [0.5, 0.6) is 5.75 Å². The van der Waals surface area contributed by atoms with E-state index >= 15 is 0 Å². The third-order valence-corrected chi connectivity index (χ3v) is 3.88. The molecular weight excluding hydrogens is 346 g/mol. The van der Waals surface area contributed by atoms with Crippen LogP contribution in [0.1, 0.15) is 0 Å². The smallest absolute Gasteiger partial charge is 0.262 e. The van der Waals surface area contributed by atoms with Crippen LogP contribution in [0.3, 0.4) is 0 Å². The molecule has 4 aromatic rings.